The molecule has 0 saturated carbocycles. The van der Waals surface area contributed by atoms with Crippen LogP contribution in [0.5, 0.6) is 0 Å². The van der Waals surface area contributed by atoms with E-state index in [0.29, 0.717) is 10.3 Å². The standard InChI is InChI=1S/C11H21O2P/c1-9(2)7-11(12-5-6-13-11)8-10(3,4)14-9/h14H,5-8H2,1-4H3. The van der Waals surface area contributed by atoms with Crippen molar-refractivity contribution in [2.45, 2.75) is 56.6 Å². The van der Waals surface area contributed by atoms with E-state index in [-0.39, 0.29) is 5.79 Å². The zero-order valence-electron chi connectivity index (χ0n) is 9.64. The minimum absolute atomic E-state index is 0.252. The van der Waals surface area contributed by atoms with Crippen molar-refractivity contribution in [2.24, 2.45) is 0 Å². The summed E-state index contributed by atoms with van der Waals surface area (Å²) in [5, 5.41) is 0.734. The minimum atomic E-state index is -0.252. The summed E-state index contributed by atoms with van der Waals surface area (Å²) in [6.45, 7) is 10.9. The SMILES string of the molecule is CC1(C)CC2(CC(C)(C)P1)OCCO2. The van der Waals surface area contributed by atoms with Gasteiger partial charge in [0.05, 0.1) is 13.2 Å². The molecule has 2 heterocycles. The Morgan fingerprint density at radius 1 is 0.857 bits per heavy atom. The van der Waals surface area contributed by atoms with Gasteiger partial charge in [0.25, 0.3) is 0 Å². The van der Waals surface area contributed by atoms with E-state index in [4.69, 9.17) is 9.47 Å². The van der Waals surface area contributed by atoms with Gasteiger partial charge in [-0.3, -0.25) is 0 Å². The normalized spacial score (nSPS) is 33.4. The lowest BCUT2D eigenvalue weighted by Gasteiger charge is -2.49. The van der Waals surface area contributed by atoms with Gasteiger partial charge in [0.15, 0.2) is 5.79 Å². The third kappa shape index (κ3) is 2.13. The van der Waals surface area contributed by atoms with Gasteiger partial charge >= 0.3 is 0 Å². The van der Waals surface area contributed by atoms with Gasteiger partial charge in [0.2, 0.25) is 0 Å². The Kier molecular flexibility index (Phi) is 2.46. The summed E-state index contributed by atoms with van der Waals surface area (Å²) in [4.78, 5) is 0. The van der Waals surface area contributed by atoms with Gasteiger partial charge in [-0.25, -0.2) is 0 Å². The molecule has 2 rings (SSSR count). The average Bonchev–Trinajstić information content (AvgIpc) is 2.27. The molecule has 2 aliphatic rings. The molecular formula is C11H21O2P. The monoisotopic (exact) mass is 216 g/mol. The molecule has 0 unspecified atom stereocenters. The van der Waals surface area contributed by atoms with Crippen molar-refractivity contribution in [2.75, 3.05) is 13.2 Å². The van der Waals surface area contributed by atoms with Crippen molar-refractivity contribution in [3.8, 4) is 0 Å². The van der Waals surface area contributed by atoms with Crippen LogP contribution in [0.15, 0.2) is 0 Å². The van der Waals surface area contributed by atoms with Crippen LogP contribution in [0.1, 0.15) is 40.5 Å². The first-order valence-corrected chi connectivity index (χ1v) is 6.40. The third-order valence-electron chi connectivity index (χ3n) is 2.91. The van der Waals surface area contributed by atoms with E-state index in [0.717, 1.165) is 34.6 Å². The van der Waals surface area contributed by atoms with Crippen molar-refractivity contribution in [1.82, 2.24) is 0 Å². The number of hydrogen-bond acceptors (Lipinski definition) is 2. The third-order valence-corrected chi connectivity index (χ3v) is 4.62. The van der Waals surface area contributed by atoms with E-state index < -0.39 is 0 Å². The average molecular weight is 216 g/mol. The topological polar surface area (TPSA) is 18.5 Å². The fourth-order valence-electron chi connectivity index (χ4n) is 3.11. The quantitative estimate of drug-likeness (QED) is 0.580. The molecule has 0 atom stereocenters. The molecule has 14 heavy (non-hydrogen) atoms. The molecule has 0 N–H and O–H groups in total. The molecular weight excluding hydrogens is 195 g/mol. The van der Waals surface area contributed by atoms with Crippen LogP contribution in [0.2, 0.25) is 0 Å². The van der Waals surface area contributed by atoms with Crippen molar-refractivity contribution in [3.63, 3.8) is 0 Å². The Balaban J connectivity index is 2.20. The maximum Gasteiger partial charge on any atom is 0.170 e. The lowest BCUT2D eigenvalue weighted by molar-refractivity contribution is -0.178. The summed E-state index contributed by atoms with van der Waals surface area (Å²) in [5.41, 5.74) is 0. The summed E-state index contributed by atoms with van der Waals surface area (Å²) < 4.78 is 11.7. The molecule has 2 fully saturated rings. The Morgan fingerprint density at radius 2 is 1.29 bits per heavy atom. The van der Waals surface area contributed by atoms with E-state index in [1.165, 1.54) is 0 Å². The number of rotatable bonds is 0. The Labute approximate surface area is 88.5 Å². The zero-order chi connectivity index (χ0) is 10.4. The van der Waals surface area contributed by atoms with Crippen molar-refractivity contribution in [1.29, 1.82) is 0 Å². The van der Waals surface area contributed by atoms with Gasteiger partial charge in [-0.15, -0.1) is 8.58 Å². The van der Waals surface area contributed by atoms with E-state index in [9.17, 15) is 0 Å². The predicted octanol–water partition coefficient (Wildman–Crippen LogP) is 2.76. The van der Waals surface area contributed by atoms with Crippen LogP contribution in [-0.2, 0) is 9.47 Å². The molecule has 0 aromatic heterocycles. The van der Waals surface area contributed by atoms with Crippen LogP contribution >= 0.6 is 8.58 Å². The molecule has 3 heteroatoms. The highest BCUT2D eigenvalue weighted by Crippen LogP contribution is 2.57. The summed E-state index contributed by atoms with van der Waals surface area (Å²) in [6, 6.07) is 0. The van der Waals surface area contributed by atoms with Crippen LogP contribution < -0.4 is 0 Å². The Hall–Kier alpha value is 0.350. The highest BCUT2D eigenvalue weighted by molar-refractivity contribution is 7.41. The minimum Gasteiger partial charge on any atom is -0.347 e. The van der Waals surface area contributed by atoms with Crippen LogP contribution in [-0.4, -0.2) is 29.3 Å². The molecule has 0 radical (unpaired) electrons. The first-order chi connectivity index (χ1) is 6.33. The van der Waals surface area contributed by atoms with Crippen molar-refractivity contribution in [3.05, 3.63) is 0 Å². The van der Waals surface area contributed by atoms with Crippen LogP contribution in [0.25, 0.3) is 0 Å². The predicted molar refractivity (Wildman–Crippen MR) is 60.3 cm³/mol. The molecule has 82 valence electrons. The van der Waals surface area contributed by atoms with E-state index in [1.54, 1.807) is 0 Å². The summed E-state index contributed by atoms with van der Waals surface area (Å²) >= 11 is 0. The lowest BCUT2D eigenvalue weighted by Crippen LogP contribution is -2.47. The fraction of sp³-hybridized carbons (Fsp3) is 1.00. The number of hydrogen-bond donors (Lipinski definition) is 0. The van der Waals surface area contributed by atoms with Gasteiger partial charge in [0.1, 0.15) is 0 Å². The number of ether oxygens (including phenoxy) is 2. The Morgan fingerprint density at radius 3 is 1.71 bits per heavy atom. The first-order valence-electron chi connectivity index (χ1n) is 5.40. The van der Waals surface area contributed by atoms with Gasteiger partial charge in [-0.2, -0.15) is 0 Å². The van der Waals surface area contributed by atoms with E-state index in [2.05, 4.69) is 27.7 Å². The van der Waals surface area contributed by atoms with Crippen molar-refractivity contribution >= 4 is 8.58 Å². The summed E-state index contributed by atoms with van der Waals surface area (Å²) in [6.07, 6.45) is 2.11. The molecule has 1 spiro atoms. The van der Waals surface area contributed by atoms with Crippen LogP contribution in [0.3, 0.4) is 0 Å². The van der Waals surface area contributed by atoms with Crippen molar-refractivity contribution < 1.29 is 9.47 Å². The van der Waals surface area contributed by atoms with E-state index in [1.807, 2.05) is 0 Å². The van der Waals surface area contributed by atoms with Gasteiger partial charge in [-0.1, -0.05) is 27.7 Å². The van der Waals surface area contributed by atoms with Crippen LogP contribution in [0, 0.1) is 0 Å². The fourth-order valence-corrected chi connectivity index (χ4v) is 5.66. The molecule has 0 aromatic rings. The maximum absolute atomic E-state index is 5.83. The highest BCUT2D eigenvalue weighted by Gasteiger charge is 2.50. The molecule has 0 aliphatic carbocycles. The first kappa shape index (κ1) is 10.9. The molecule has 2 nitrogen and oxygen atoms in total. The smallest absolute Gasteiger partial charge is 0.170 e. The second-order valence-corrected chi connectivity index (χ2v) is 8.81. The van der Waals surface area contributed by atoms with Gasteiger partial charge < -0.3 is 9.47 Å². The largest absolute Gasteiger partial charge is 0.347 e. The molecule has 2 aliphatic heterocycles. The van der Waals surface area contributed by atoms with E-state index >= 15 is 0 Å². The Bertz CT molecular complexity index is 211. The molecule has 0 bridgehead atoms. The molecule has 0 amide bonds. The molecule has 2 saturated heterocycles. The highest BCUT2D eigenvalue weighted by atomic mass is 31.1. The lowest BCUT2D eigenvalue weighted by atomic mass is 9.92. The second-order valence-electron chi connectivity index (χ2n) is 5.85. The summed E-state index contributed by atoms with van der Waals surface area (Å²) in [7, 11) is 0.996. The van der Waals surface area contributed by atoms with Crippen LogP contribution in [0.4, 0.5) is 0 Å². The van der Waals surface area contributed by atoms with Gasteiger partial charge in [0, 0.05) is 12.8 Å². The van der Waals surface area contributed by atoms with Gasteiger partial charge in [-0.05, 0) is 10.3 Å². The summed E-state index contributed by atoms with van der Waals surface area (Å²) in [5.74, 6) is -0.252. The second kappa shape index (κ2) is 3.17. The molecule has 0 aromatic carbocycles. The maximum atomic E-state index is 5.83. The zero-order valence-corrected chi connectivity index (χ0v) is 10.6.